The molecule has 3 rings (SSSR count). The first kappa shape index (κ1) is 13.5. The van der Waals surface area contributed by atoms with Gasteiger partial charge in [-0.1, -0.05) is 30.3 Å². The Labute approximate surface area is 124 Å². The molecule has 0 saturated heterocycles. The largest absolute Gasteiger partial charge is 0.456 e. The van der Waals surface area contributed by atoms with Gasteiger partial charge in [-0.15, -0.1) is 11.8 Å². The van der Waals surface area contributed by atoms with Crippen molar-refractivity contribution in [2.24, 2.45) is 0 Å². The summed E-state index contributed by atoms with van der Waals surface area (Å²) in [5.74, 6) is 1.98. The number of nitrogens with one attached hydrogen (secondary N) is 1. The summed E-state index contributed by atoms with van der Waals surface area (Å²) >= 11 is 1.92. The molecule has 104 valence electrons. The number of fused-ring (bicyclic) bond motifs is 2. The number of hydrogen-bond donors (Lipinski definition) is 1. The predicted octanol–water partition coefficient (Wildman–Crippen LogP) is 3.16. The normalized spacial score (nSPS) is 17.1. The summed E-state index contributed by atoms with van der Waals surface area (Å²) < 4.78 is 6.11. The van der Waals surface area contributed by atoms with Gasteiger partial charge in [-0.3, -0.25) is 0 Å². The summed E-state index contributed by atoms with van der Waals surface area (Å²) in [6, 6.07) is 16.8. The third kappa shape index (κ3) is 2.84. The molecule has 0 saturated carbocycles. The van der Waals surface area contributed by atoms with E-state index in [2.05, 4.69) is 50.5 Å². The van der Waals surface area contributed by atoms with Gasteiger partial charge in [-0.2, -0.15) is 0 Å². The van der Waals surface area contributed by atoms with Gasteiger partial charge >= 0.3 is 0 Å². The Morgan fingerprint density at radius 2 is 1.70 bits per heavy atom. The molecule has 0 fully saturated rings. The minimum atomic E-state index is 0.463. The fourth-order valence-corrected chi connectivity index (χ4v) is 3.69. The zero-order valence-corrected chi connectivity index (χ0v) is 12.7. The molecule has 0 amide bonds. The summed E-state index contributed by atoms with van der Waals surface area (Å²) in [7, 11) is 4.41. The standard InChI is InChI=1S/C17H19NOS/c1-18(2)12-11-16-13-7-3-4-8-14(13)19-15-9-5-6-10-17(15)20-16/h3-10,16H,11-12H2,1-2H3/p+1/t16-/m1/s1. The van der Waals surface area contributed by atoms with Gasteiger partial charge < -0.3 is 9.64 Å². The quantitative estimate of drug-likeness (QED) is 0.931. The molecule has 20 heavy (non-hydrogen) atoms. The van der Waals surface area contributed by atoms with Gasteiger partial charge in [0, 0.05) is 17.2 Å². The second kappa shape index (κ2) is 5.90. The Balaban J connectivity index is 1.97. The minimum absolute atomic E-state index is 0.463. The van der Waals surface area contributed by atoms with Crippen LogP contribution in [-0.4, -0.2) is 20.6 Å². The third-order valence-electron chi connectivity index (χ3n) is 3.51. The van der Waals surface area contributed by atoms with Gasteiger partial charge in [0.25, 0.3) is 0 Å². The maximum atomic E-state index is 6.11. The second-order valence-electron chi connectivity index (χ2n) is 5.44. The Bertz CT molecular complexity index is 597. The van der Waals surface area contributed by atoms with E-state index >= 15 is 0 Å². The second-order valence-corrected chi connectivity index (χ2v) is 6.68. The summed E-state index contributed by atoms with van der Waals surface area (Å²) in [6.07, 6.45) is 1.15. The fourth-order valence-electron chi connectivity index (χ4n) is 2.44. The van der Waals surface area contributed by atoms with Gasteiger partial charge in [0.05, 0.1) is 25.5 Å². The molecule has 0 unspecified atom stereocenters. The molecule has 1 aliphatic rings. The smallest absolute Gasteiger partial charge is 0.141 e. The number of thioether (sulfide) groups is 1. The zero-order valence-electron chi connectivity index (χ0n) is 11.9. The molecular weight excluding hydrogens is 266 g/mol. The van der Waals surface area contributed by atoms with Crippen LogP contribution in [0.2, 0.25) is 0 Å². The minimum Gasteiger partial charge on any atom is -0.456 e. The van der Waals surface area contributed by atoms with Crippen LogP contribution in [-0.2, 0) is 0 Å². The van der Waals surface area contributed by atoms with Gasteiger partial charge in [0.2, 0.25) is 0 Å². The van der Waals surface area contributed by atoms with Crippen LogP contribution in [0.3, 0.4) is 0 Å². The highest BCUT2D eigenvalue weighted by atomic mass is 32.2. The van der Waals surface area contributed by atoms with Crippen LogP contribution in [0.25, 0.3) is 0 Å². The van der Waals surface area contributed by atoms with Crippen molar-refractivity contribution in [3.63, 3.8) is 0 Å². The molecule has 3 heteroatoms. The van der Waals surface area contributed by atoms with Crippen molar-refractivity contribution in [3.05, 3.63) is 54.1 Å². The molecular formula is C17H20NOS+. The summed E-state index contributed by atoms with van der Waals surface area (Å²) in [5.41, 5.74) is 1.31. The fraction of sp³-hybridized carbons (Fsp3) is 0.294. The first-order valence-corrected chi connectivity index (χ1v) is 7.93. The van der Waals surface area contributed by atoms with Crippen LogP contribution >= 0.6 is 11.8 Å². The Kier molecular flexibility index (Phi) is 3.99. The van der Waals surface area contributed by atoms with Crippen LogP contribution in [0, 0.1) is 0 Å². The molecule has 0 bridgehead atoms. The van der Waals surface area contributed by atoms with Crippen LogP contribution in [0.5, 0.6) is 11.5 Å². The van der Waals surface area contributed by atoms with E-state index in [1.807, 2.05) is 23.9 Å². The van der Waals surface area contributed by atoms with Crippen molar-refractivity contribution in [1.29, 1.82) is 0 Å². The van der Waals surface area contributed by atoms with Crippen LogP contribution in [0.15, 0.2) is 53.4 Å². The molecule has 2 aromatic rings. The Morgan fingerprint density at radius 1 is 1.00 bits per heavy atom. The lowest BCUT2D eigenvalue weighted by molar-refractivity contribution is -0.858. The van der Waals surface area contributed by atoms with E-state index in [-0.39, 0.29) is 0 Å². The lowest BCUT2D eigenvalue weighted by atomic mass is 10.1. The molecule has 0 aromatic heterocycles. The molecule has 2 nitrogen and oxygen atoms in total. The summed E-state index contributed by atoms with van der Waals surface area (Å²) in [5, 5.41) is 0.463. The highest BCUT2D eigenvalue weighted by Gasteiger charge is 2.24. The average molecular weight is 286 g/mol. The van der Waals surface area contributed by atoms with Crippen LogP contribution in [0.1, 0.15) is 17.2 Å². The average Bonchev–Trinajstić information content (AvgIpc) is 2.61. The van der Waals surface area contributed by atoms with Crippen molar-refractivity contribution in [2.45, 2.75) is 16.6 Å². The number of ether oxygens (including phenoxy) is 1. The maximum Gasteiger partial charge on any atom is 0.141 e. The Morgan fingerprint density at radius 3 is 2.50 bits per heavy atom. The SMILES string of the molecule is C[NH+](C)CC[C@H]1Sc2ccccc2Oc2ccccc21. The first-order chi connectivity index (χ1) is 9.74. The van der Waals surface area contributed by atoms with Crippen molar-refractivity contribution >= 4 is 11.8 Å². The van der Waals surface area contributed by atoms with Crippen molar-refractivity contribution in [3.8, 4) is 11.5 Å². The van der Waals surface area contributed by atoms with Gasteiger partial charge in [-0.05, 0) is 18.2 Å². The van der Waals surface area contributed by atoms with E-state index in [0.29, 0.717) is 5.25 Å². The van der Waals surface area contributed by atoms with Gasteiger partial charge in [0.1, 0.15) is 11.5 Å². The first-order valence-electron chi connectivity index (χ1n) is 7.05. The molecule has 0 radical (unpaired) electrons. The lowest BCUT2D eigenvalue weighted by Gasteiger charge is -2.17. The topological polar surface area (TPSA) is 13.7 Å². The highest BCUT2D eigenvalue weighted by molar-refractivity contribution is 7.99. The molecule has 1 aliphatic heterocycles. The third-order valence-corrected chi connectivity index (χ3v) is 4.88. The van der Waals surface area contributed by atoms with Gasteiger partial charge in [0.15, 0.2) is 0 Å². The van der Waals surface area contributed by atoms with E-state index < -0.39 is 0 Å². The van der Waals surface area contributed by atoms with E-state index in [4.69, 9.17) is 4.74 Å². The molecule has 0 spiro atoms. The van der Waals surface area contributed by atoms with Crippen LogP contribution in [0.4, 0.5) is 0 Å². The van der Waals surface area contributed by atoms with Crippen LogP contribution < -0.4 is 9.64 Å². The molecule has 1 atom stereocenters. The monoisotopic (exact) mass is 286 g/mol. The zero-order chi connectivity index (χ0) is 13.9. The van der Waals surface area contributed by atoms with E-state index in [1.54, 1.807) is 0 Å². The summed E-state index contributed by atoms with van der Waals surface area (Å²) in [4.78, 5) is 2.73. The molecule has 1 heterocycles. The maximum absolute atomic E-state index is 6.11. The van der Waals surface area contributed by atoms with E-state index in [9.17, 15) is 0 Å². The Hall–Kier alpha value is -1.45. The molecule has 0 aliphatic carbocycles. The number of rotatable bonds is 3. The summed E-state index contributed by atoms with van der Waals surface area (Å²) in [6.45, 7) is 1.16. The lowest BCUT2D eigenvalue weighted by Crippen LogP contribution is -3.05. The van der Waals surface area contributed by atoms with Gasteiger partial charge in [-0.25, -0.2) is 0 Å². The molecule has 2 aromatic carbocycles. The molecule has 1 N–H and O–H groups in total. The predicted molar refractivity (Wildman–Crippen MR) is 83.9 cm³/mol. The number of hydrogen-bond acceptors (Lipinski definition) is 2. The number of benzene rings is 2. The highest BCUT2D eigenvalue weighted by Crippen LogP contribution is 2.49. The number of para-hydroxylation sites is 2. The van der Waals surface area contributed by atoms with E-state index in [1.165, 1.54) is 15.4 Å². The number of quaternary nitrogens is 1. The van der Waals surface area contributed by atoms with Crippen molar-refractivity contribution < 1.29 is 9.64 Å². The van der Waals surface area contributed by atoms with Crippen molar-refractivity contribution in [1.82, 2.24) is 0 Å². The van der Waals surface area contributed by atoms with E-state index in [0.717, 1.165) is 24.5 Å². The van der Waals surface area contributed by atoms with Crippen molar-refractivity contribution in [2.75, 3.05) is 20.6 Å².